The number of fused-ring (bicyclic) bond motifs is 1. The fourth-order valence-electron chi connectivity index (χ4n) is 4.11. The largest absolute Gasteiger partial charge is 0.497 e. The maximum atomic E-state index is 13.4. The van der Waals surface area contributed by atoms with E-state index in [1.807, 2.05) is 24.3 Å². The molecule has 0 N–H and O–H groups in total. The smallest absolute Gasteiger partial charge is 0.246 e. The van der Waals surface area contributed by atoms with E-state index in [0.29, 0.717) is 44.0 Å². The molecule has 2 aliphatic heterocycles. The summed E-state index contributed by atoms with van der Waals surface area (Å²) in [6.07, 6.45) is 1.24. The highest BCUT2D eigenvalue weighted by molar-refractivity contribution is 7.89. The zero-order chi connectivity index (χ0) is 22.0. The number of hydrogen-bond donors (Lipinski definition) is 0. The molecule has 1 unspecified atom stereocenters. The second-order valence-electron chi connectivity index (χ2n) is 7.53. The number of methoxy groups -OCH3 is 2. The van der Waals surface area contributed by atoms with Gasteiger partial charge in [0, 0.05) is 19.2 Å². The average Bonchev–Trinajstić information content (AvgIpc) is 2.82. The molecule has 2 aromatic rings. The average molecular weight is 447 g/mol. The van der Waals surface area contributed by atoms with Crippen LogP contribution in [0.25, 0.3) is 0 Å². The lowest BCUT2D eigenvalue weighted by Gasteiger charge is -2.36. The molecule has 1 fully saturated rings. The van der Waals surface area contributed by atoms with Crippen LogP contribution in [0.1, 0.15) is 12.8 Å². The Balaban J connectivity index is 1.59. The van der Waals surface area contributed by atoms with Crippen LogP contribution < -0.4 is 19.1 Å². The minimum Gasteiger partial charge on any atom is -0.497 e. The van der Waals surface area contributed by atoms with Crippen molar-refractivity contribution in [1.29, 1.82) is 0 Å². The molecule has 31 heavy (non-hydrogen) atoms. The molecular weight excluding hydrogens is 420 g/mol. The zero-order valence-electron chi connectivity index (χ0n) is 17.6. The standard InChI is InChI=1S/C22H26N2O6S/c1-28-17-9-10-20(29-2)21(14-17)31(26,27)23-11-5-6-16(15-23)22(25)24-12-13-30-19-8-4-3-7-18(19)24/h3-4,7-10,14,16H,5-6,11-13,15H2,1-2H3. The topological polar surface area (TPSA) is 85.4 Å². The quantitative estimate of drug-likeness (QED) is 0.702. The fourth-order valence-corrected chi connectivity index (χ4v) is 5.80. The van der Waals surface area contributed by atoms with E-state index < -0.39 is 15.9 Å². The first-order valence-electron chi connectivity index (χ1n) is 10.2. The summed E-state index contributed by atoms with van der Waals surface area (Å²) >= 11 is 0. The molecule has 0 radical (unpaired) electrons. The summed E-state index contributed by atoms with van der Waals surface area (Å²) in [6.45, 7) is 1.34. The number of sulfonamides is 1. The van der Waals surface area contributed by atoms with Crippen LogP contribution >= 0.6 is 0 Å². The summed E-state index contributed by atoms with van der Waals surface area (Å²) in [5, 5.41) is 0. The highest BCUT2D eigenvalue weighted by atomic mass is 32.2. The SMILES string of the molecule is COc1ccc(OC)c(S(=O)(=O)N2CCCC(C(=O)N3CCOc4ccccc43)C2)c1. The molecule has 0 spiro atoms. The van der Waals surface area contributed by atoms with E-state index >= 15 is 0 Å². The van der Waals surface area contributed by atoms with Gasteiger partial charge in [-0.2, -0.15) is 4.31 Å². The highest BCUT2D eigenvalue weighted by Crippen LogP contribution is 2.35. The maximum Gasteiger partial charge on any atom is 0.246 e. The molecule has 166 valence electrons. The molecule has 0 bridgehead atoms. The van der Waals surface area contributed by atoms with Gasteiger partial charge in [-0.05, 0) is 37.1 Å². The molecular formula is C22H26N2O6S. The monoisotopic (exact) mass is 446 g/mol. The Morgan fingerprint density at radius 1 is 1.10 bits per heavy atom. The van der Waals surface area contributed by atoms with E-state index in [0.717, 1.165) is 5.69 Å². The van der Waals surface area contributed by atoms with Crippen molar-refractivity contribution in [1.82, 2.24) is 4.31 Å². The molecule has 0 aromatic heterocycles. The second-order valence-corrected chi connectivity index (χ2v) is 9.43. The third-order valence-corrected chi connectivity index (χ3v) is 7.60. The Bertz CT molecular complexity index is 1070. The Hall–Kier alpha value is -2.78. The number of hydrogen-bond acceptors (Lipinski definition) is 6. The number of benzene rings is 2. The summed E-state index contributed by atoms with van der Waals surface area (Å²) in [6, 6.07) is 12.1. The van der Waals surface area contributed by atoms with Gasteiger partial charge in [0.2, 0.25) is 15.9 Å². The van der Waals surface area contributed by atoms with Gasteiger partial charge >= 0.3 is 0 Å². The van der Waals surface area contributed by atoms with Gasteiger partial charge in [-0.15, -0.1) is 0 Å². The summed E-state index contributed by atoms with van der Waals surface area (Å²) in [4.78, 5) is 15.1. The van der Waals surface area contributed by atoms with E-state index in [1.54, 1.807) is 17.0 Å². The van der Waals surface area contributed by atoms with Crippen molar-refractivity contribution >= 4 is 21.6 Å². The van der Waals surface area contributed by atoms with Crippen molar-refractivity contribution in [2.24, 2.45) is 5.92 Å². The number of para-hydroxylation sites is 2. The first-order chi connectivity index (χ1) is 15.0. The summed E-state index contributed by atoms with van der Waals surface area (Å²) in [7, 11) is -0.952. The Morgan fingerprint density at radius 3 is 2.68 bits per heavy atom. The molecule has 8 nitrogen and oxygen atoms in total. The third-order valence-electron chi connectivity index (χ3n) is 5.72. The Kier molecular flexibility index (Phi) is 6.06. The van der Waals surface area contributed by atoms with E-state index in [-0.39, 0.29) is 23.1 Å². The van der Waals surface area contributed by atoms with Gasteiger partial charge in [0.15, 0.2) is 0 Å². The van der Waals surface area contributed by atoms with Crippen LogP contribution in [0.3, 0.4) is 0 Å². The van der Waals surface area contributed by atoms with Gasteiger partial charge in [-0.1, -0.05) is 12.1 Å². The van der Waals surface area contributed by atoms with Crippen LogP contribution in [0.5, 0.6) is 17.2 Å². The van der Waals surface area contributed by atoms with Crippen LogP contribution in [0.2, 0.25) is 0 Å². The fraction of sp³-hybridized carbons (Fsp3) is 0.409. The molecule has 0 aliphatic carbocycles. The van der Waals surface area contributed by atoms with Crippen LogP contribution in [-0.2, 0) is 14.8 Å². The first kappa shape index (κ1) is 21.5. The predicted molar refractivity (Wildman–Crippen MR) is 115 cm³/mol. The molecule has 0 saturated carbocycles. The number of amides is 1. The minimum atomic E-state index is -3.86. The van der Waals surface area contributed by atoms with E-state index in [1.165, 1.54) is 24.6 Å². The normalized spacial score (nSPS) is 19.3. The molecule has 9 heteroatoms. The zero-order valence-corrected chi connectivity index (χ0v) is 18.4. The van der Waals surface area contributed by atoms with Crippen molar-refractivity contribution in [2.75, 3.05) is 45.4 Å². The molecule has 2 aromatic carbocycles. The predicted octanol–water partition coefficient (Wildman–Crippen LogP) is 2.53. The summed E-state index contributed by atoms with van der Waals surface area (Å²) < 4.78 is 44.3. The number of nitrogens with zero attached hydrogens (tertiary/aromatic N) is 2. The number of piperidine rings is 1. The van der Waals surface area contributed by atoms with Crippen molar-refractivity contribution in [3.05, 3.63) is 42.5 Å². The summed E-state index contributed by atoms with van der Waals surface area (Å²) in [5.41, 5.74) is 0.730. The van der Waals surface area contributed by atoms with Crippen LogP contribution in [0.4, 0.5) is 5.69 Å². The lowest BCUT2D eigenvalue weighted by Crippen LogP contribution is -2.48. The molecule has 1 saturated heterocycles. The van der Waals surface area contributed by atoms with Crippen molar-refractivity contribution in [2.45, 2.75) is 17.7 Å². The molecule has 1 atom stereocenters. The number of ether oxygens (including phenoxy) is 3. The van der Waals surface area contributed by atoms with Gasteiger partial charge in [0.1, 0.15) is 28.8 Å². The number of anilines is 1. The number of carbonyl (C=O) groups is 1. The maximum absolute atomic E-state index is 13.4. The van der Waals surface area contributed by atoms with Crippen LogP contribution in [0.15, 0.2) is 47.4 Å². The lowest BCUT2D eigenvalue weighted by atomic mass is 9.97. The lowest BCUT2D eigenvalue weighted by molar-refractivity contribution is -0.123. The number of rotatable bonds is 5. The van der Waals surface area contributed by atoms with Crippen molar-refractivity contribution < 1.29 is 27.4 Å². The molecule has 4 rings (SSSR count). The highest BCUT2D eigenvalue weighted by Gasteiger charge is 2.37. The van der Waals surface area contributed by atoms with Crippen molar-refractivity contribution in [3.63, 3.8) is 0 Å². The summed E-state index contributed by atoms with van der Waals surface area (Å²) in [5.74, 6) is 0.841. The van der Waals surface area contributed by atoms with E-state index in [4.69, 9.17) is 14.2 Å². The van der Waals surface area contributed by atoms with E-state index in [2.05, 4.69) is 0 Å². The molecule has 2 aliphatic rings. The third kappa shape index (κ3) is 4.07. The van der Waals surface area contributed by atoms with Crippen molar-refractivity contribution in [3.8, 4) is 17.2 Å². The van der Waals surface area contributed by atoms with Gasteiger partial charge < -0.3 is 19.1 Å². The van der Waals surface area contributed by atoms with Gasteiger partial charge in [-0.25, -0.2) is 8.42 Å². The van der Waals surface area contributed by atoms with Gasteiger partial charge in [-0.3, -0.25) is 4.79 Å². The number of carbonyl (C=O) groups excluding carboxylic acids is 1. The molecule has 2 heterocycles. The second kappa shape index (κ2) is 8.76. The molecule has 1 amide bonds. The Labute approximate surface area is 182 Å². The van der Waals surface area contributed by atoms with Gasteiger partial charge in [0.25, 0.3) is 0 Å². The minimum absolute atomic E-state index is 0.0409. The van der Waals surface area contributed by atoms with Gasteiger partial charge in [0.05, 0.1) is 32.4 Å². The van der Waals surface area contributed by atoms with Crippen LogP contribution in [0, 0.1) is 5.92 Å². The Morgan fingerprint density at radius 2 is 1.90 bits per heavy atom. The van der Waals surface area contributed by atoms with E-state index in [9.17, 15) is 13.2 Å². The first-order valence-corrected chi connectivity index (χ1v) is 11.6. The van der Waals surface area contributed by atoms with Crippen LogP contribution in [-0.4, -0.2) is 59.1 Å².